The second-order valence-corrected chi connectivity index (χ2v) is 9.63. The molecular formula is C12H14BrN3O2S2. The van der Waals surface area contributed by atoms with Crippen LogP contribution in [0.3, 0.4) is 0 Å². The van der Waals surface area contributed by atoms with E-state index in [-0.39, 0.29) is 11.5 Å². The highest BCUT2D eigenvalue weighted by molar-refractivity contribution is 9.11. The Hall–Kier alpha value is -0.570. The molecule has 0 radical (unpaired) electrons. The van der Waals surface area contributed by atoms with Crippen LogP contribution in [-0.2, 0) is 16.4 Å². The highest BCUT2D eigenvalue weighted by Crippen LogP contribution is 2.30. The molecule has 0 saturated carbocycles. The largest absolute Gasteiger partial charge is 0.295 e. The van der Waals surface area contributed by atoms with E-state index in [0.717, 1.165) is 25.5 Å². The van der Waals surface area contributed by atoms with Crippen molar-refractivity contribution in [3.63, 3.8) is 0 Å². The van der Waals surface area contributed by atoms with Crippen LogP contribution < -0.4 is 0 Å². The van der Waals surface area contributed by atoms with Gasteiger partial charge < -0.3 is 0 Å². The molecule has 0 aliphatic carbocycles. The minimum Gasteiger partial charge on any atom is -0.295 e. The summed E-state index contributed by atoms with van der Waals surface area (Å²) < 4.78 is 24.0. The smallest absolute Gasteiger partial charge is 0.152 e. The van der Waals surface area contributed by atoms with Gasteiger partial charge in [0.15, 0.2) is 9.84 Å². The standard InChI is InChI=1S/C12H14BrN3O2S2/c1-8-14-10(9-6-11(13)19-12(9)15-8)7-16-2-4-20(17,18)5-3-16/h6H,2-5,7H2,1H3. The van der Waals surface area contributed by atoms with Crippen molar-refractivity contribution in [2.24, 2.45) is 0 Å². The Morgan fingerprint density at radius 3 is 2.75 bits per heavy atom. The number of halogens is 1. The molecule has 2 aromatic rings. The first-order valence-corrected chi connectivity index (χ1v) is 9.71. The summed E-state index contributed by atoms with van der Waals surface area (Å²) >= 11 is 5.07. The van der Waals surface area contributed by atoms with E-state index < -0.39 is 9.84 Å². The summed E-state index contributed by atoms with van der Waals surface area (Å²) in [6, 6.07) is 2.04. The van der Waals surface area contributed by atoms with Crippen molar-refractivity contribution in [3.8, 4) is 0 Å². The molecule has 0 spiro atoms. The van der Waals surface area contributed by atoms with E-state index in [4.69, 9.17) is 0 Å². The number of hydrogen-bond acceptors (Lipinski definition) is 6. The van der Waals surface area contributed by atoms with Gasteiger partial charge in [-0.3, -0.25) is 4.90 Å². The normalized spacial score (nSPS) is 19.5. The fourth-order valence-electron chi connectivity index (χ4n) is 2.31. The second kappa shape index (κ2) is 5.32. The topological polar surface area (TPSA) is 63.2 Å². The molecule has 0 bridgehead atoms. The lowest BCUT2D eigenvalue weighted by Crippen LogP contribution is -2.39. The number of nitrogens with zero attached hydrogens (tertiary/aromatic N) is 3. The van der Waals surface area contributed by atoms with Crippen LogP contribution in [0.2, 0.25) is 0 Å². The lowest BCUT2D eigenvalue weighted by molar-refractivity contribution is 0.285. The van der Waals surface area contributed by atoms with E-state index in [9.17, 15) is 8.42 Å². The van der Waals surface area contributed by atoms with Crippen LogP contribution in [0.1, 0.15) is 11.5 Å². The van der Waals surface area contributed by atoms with E-state index in [1.807, 2.05) is 13.0 Å². The van der Waals surface area contributed by atoms with Crippen molar-refractivity contribution in [2.75, 3.05) is 24.6 Å². The van der Waals surface area contributed by atoms with Gasteiger partial charge in [0.2, 0.25) is 0 Å². The Morgan fingerprint density at radius 2 is 2.05 bits per heavy atom. The van der Waals surface area contributed by atoms with Crippen molar-refractivity contribution >= 4 is 47.3 Å². The fourth-order valence-corrected chi connectivity index (χ4v) is 5.10. The predicted octanol–water partition coefficient (Wildman–Crippen LogP) is 1.99. The molecule has 2 aromatic heterocycles. The van der Waals surface area contributed by atoms with Gasteiger partial charge in [0.25, 0.3) is 0 Å². The Labute approximate surface area is 130 Å². The third kappa shape index (κ3) is 3.03. The second-order valence-electron chi connectivity index (χ2n) is 4.91. The molecular weight excluding hydrogens is 362 g/mol. The molecule has 3 rings (SSSR count). The first kappa shape index (κ1) is 14.4. The number of sulfone groups is 1. The summed E-state index contributed by atoms with van der Waals surface area (Å²) in [5, 5.41) is 1.06. The van der Waals surface area contributed by atoms with Crippen molar-refractivity contribution in [3.05, 3.63) is 21.4 Å². The van der Waals surface area contributed by atoms with Crippen LogP contribution in [0.4, 0.5) is 0 Å². The summed E-state index contributed by atoms with van der Waals surface area (Å²) in [5.41, 5.74) is 0.980. The van der Waals surface area contributed by atoms with Crippen LogP contribution in [-0.4, -0.2) is 47.9 Å². The molecule has 0 aromatic carbocycles. The maximum Gasteiger partial charge on any atom is 0.152 e. The Kier molecular flexibility index (Phi) is 3.83. The van der Waals surface area contributed by atoms with Crippen LogP contribution in [0.15, 0.2) is 9.85 Å². The van der Waals surface area contributed by atoms with E-state index in [2.05, 4.69) is 30.8 Å². The number of thiophene rings is 1. The van der Waals surface area contributed by atoms with Crippen molar-refractivity contribution in [2.45, 2.75) is 13.5 Å². The summed E-state index contributed by atoms with van der Waals surface area (Å²) in [6.45, 7) is 3.73. The average molecular weight is 376 g/mol. The predicted molar refractivity (Wildman–Crippen MR) is 83.8 cm³/mol. The van der Waals surface area contributed by atoms with Crippen LogP contribution >= 0.6 is 27.3 Å². The van der Waals surface area contributed by atoms with E-state index >= 15 is 0 Å². The van der Waals surface area contributed by atoms with Crippen molar-refractivity contribution in [1.29, 1.82) is 0 Å². The minimum absolute atomic E-state index is 0.244. The first-order chi connectivity index (χ1) is 9.43. The monoisotopic (exact) mass is 375 g/mol. The average Bonchev–Trinajstić information content (AvgIpc) is 2.72. The number of fused-ring (bicyclic) bond motifs is 1. The first-order valence-electron chi connectivity index (χ1n) is 6.28. The van der Waals surface area contributed by atoms with Crippen LogP contribution in [0, 0.1) is 6.92 Å². The van der Waals surface area contributed by atoms with Gasteiger partial charge in [-0.2, -0.15) is 0 Å². The molecule has 3 heterocycles. The highest BCUT2D eigenvalue weighted by Gasteiger charge is 2.22. The Bertz CT molecular complexity index is 743. The van der Waals surface area contributed by atoms with E-state index in [1.165, 1.54) is 0 Å². The van der Waals surface area contributed by atoms with Gasteiger partial charge in [-0.15, -0.1) is 11.3 Å². The van der Waals surface area contributed by atoms with E-state index in [0.29, 0.717) is 19.6 Å². The summed E-state index contributed by atoms with van der Waals surface area (Å²) in [4.78, 5) is 12.1. The van der Waals surface area contributed by atoms with Crippen LogP contribution in [0.5, 0.6) is 0 Å². The zero-order valence-corrected chi connectivity index (χ0v) is 14.2. The number of aromatic nitrogens is 2. The third-order valence-electron chi connectivity index (χ3n) is 3.36. The fraction of sp³-hybridized carbons (Fsp3) is 0.500. The zero-order valence-electron chi connectivity index (χ0n) is 11.0. The maximum atomic E-state index is 11.5. The number of aryl methyl sites for hydroxylation is 1. The molecule has 8 heteroatoms. The van der Waals surface area contributed by atoms with Gasteiger partial charge in [-0.25, -0.2) is 18.4 Å². The quantitative estimate of drug-likeness (QED) is 0.802. The van der Waals surface area contributed by atoms with Crippen molar-refractivity contribution in [1.82, 2.24) is 14.9 Å². The minimum atomic E-state index is -2.83. The molecule has 1 saturated heterocycles. The third-order valence-corrected chi connectivity index (χ3v) is 6.50. The Balaban J connectivity index is 1.87. The molecule has 0 N–H and O–H groups in total. The Morgan fingerprint density at radius 1 is 1.35 bits per heavy atom. The van der Waals surface area contributed by atoms with Gasteiger partial charge in [-0.1, -0.05) is 0 Å². The summed E-state index contributed by atoms with van der Waals surface area (Å²) in [6.07, 6.45) is 0. The molecule has 1 aliphatic rings. The lowest BCUT2D eigenvalue weighted by Gasteiger charge is -2.26. The molecule has 5 nitrogen and oxygen atoms in total. The molecule has 0 amide bonds. The van der Waals surface area contributed by atoms with Gasteiger partial charge in [0, 0.05) is 25.0 Å². The van der Waals surface area contributed by atoms with Crippen LogP contribution in [0.25, 0.3) is 10.2 Å². The molecule has 1 aliphatic heterocycles. The molecule has 20 heavy (non-hydrogen) atoms. The zero-order chi connectivity index (χ0) is 14.3. The molecule has 0 unspecified atom stereocenters. The summed E-state index contributed by atoms with van der Waals surface area (Å²) in [5.74, 6) is 1.24. The lowest BCUT2D eigenvalue weighted by atomic mass is 10.2. The number of rotatable bonds is 2. The van der Waals surface area contributed by atoms with Gasteiger partial charge in [0.1, 0.15) is 10.7 Å². The van der Waals surface area contributed by atoms with Gasteiger partial charge >= 0.3 is 0 Å². The number of hydrogen-bond donors (Lipinski definition) is 0. The highest BCUT2D eigenvalue weighted by atomic mass is 79.9. The summed E-state index contributed by atoms with van der Waals surface area (Å²) in [7, 11) is -2.83. The van der Waals surface area contributed by atoms with Crippen molar-refractivity contribution < 1.29 is 8.42 Å². The maximum absolute atomic E-state index is 11.5. The van der Waals surface area contributed by atoms with E-state index in [1.54, 1.807) is 11.3 Å². The van der Waals surface area contributed by atoms with Gasteiger partial charge in [0.05, 0.1) is 21.0 Å². The molecule has 108 valence electrons. The molecule has 0 atom stereocenters. The van der Waals surface area contributed by atoms with Gasteiger partial charge in [-0.05, 0) is 28.9 Å². The molecule has 1 fully saturated rings. The SMILES string of the molecule is Cc1nc(CN2CCS(=O)(=O)CC2)c2cc(Br)sc2n1.